The van der Waals surface area contributed by atoms with Crippen LogP contribution >= 0.6 is 0 Å². The normalized spacial score (nSPS) is 12.2. The average Bonchev–Trinajstić information content (AvgIpc) is 2.65. The molecular weight excluding hydrogens is 342 g/mol. The van der Waals surface area contributed by atoms with Crippen molar-refractivity contribution in [3.05, 3.63) is 54.1 Å². The lowest BCUT2D eigenvalue weighted by atomic mass is 9.87. The largest absolute Gasteiger partial charge is 0.497 e. The van der Waals surface area contributed by atoms with Gasteiger partial charge < -0.3 is 19.5 Å². The highest BCUT2D eigenvalue weighted by atomic mass is 16.5. The summed E-state index contributed by atoms with van der Waals surface area (Å²) in [6.45, 7) is 9.00. The highest BCUT2D eigenvalue weighted by Crippen LogP contribution is 2.24. The first-order valence-electron chi connectivity index (χ1n) is 9.11. The topological polar surface area (TPSA) is 56.8 Å². The molecule has 2 aromatic carbocycles. The Labute approximate surface area is 161 Å². The van der Waals surface area contributed by atoms with Crippen molar-refractivity contribution < 1.29 is 19.0 Å². The summed E-state index contributed by atoms with van der Waals surface area (Å²) in [4.78, 5) is 12.2. The van der Waals surface area contributed by atoms with Gasteiger partial charge in [-0.05, 0) is 54.3 Å². The predicted octanol–water partition coefficient (Wildman–Crippen LogP) is 3.96. The number of hydrogen-bond donors (Lipinski definition) is 1. The fraction of sp³-hybridized carbons (Fsp3) is 0.409. The molecule has 1 atom stereocenters. The second kappa shape index (κ2) is 9.31. The minimum absolute atomic E-state index is 0.0887. The Bertz CT molecular complexity index is 717. The molecule has 0 aliphatic heterocycles. The number of methoxy groups -OCH3 is 1. The summed E-state index contributed by atoms with van der Waals surface area (Å²) in [5.41, 5.74) is 1.31. The van der Waals surface area contributed by atoms with Gasteiger partial charge in [-0.2, -0.15) is 0 Å². The van der Waals surface area contributed by atoms with E-state index in [-0.39, 0.29) is 11.3 Å². The summed E-state index contributed by atoms with van der Waals surface area (Å²) in [6, 6.07) is 15.2. The lowest BCUT2D eigenvalue weighted by Gasteiger charge is -2.20. The maximum atomic E-state index is 12.2. The smallest absolute Gasteiger partial charge is 0.260 e. The van der Waals surface area contributed by atoms with Gasteiger partial charge in [0.25, 0.3) is 5.91 Å². The molecule has 0 bridgehead atoms. The zero-order valence-corrected chi connectivity index (χ0v) is 16.7. The molecule has 0 saturated heterocycles. The van der Waals surface area contributed by atoms with Gasteiger partial charge in [0.1, 0.15) is 23.9 Å². The lowest BCUT2D eigenvalue weighted by molar-refractivity contribution is -0.127. The Morgan fingerprint density at radius 2 is 1.52 bits per heavy atom. The second-order valence-electron chi connectivity index (χ2n) is 7.35. The van der Waals surface area contributed by atoms with Gasteiger partial charge in [0.15, 0.2) is 6.10 Å². The summed E-state index contributed by atoms with van der Waals surface area (Å²) >= 11 is 0. The number of benzene rings is 2. The molecule has 0 saturated carbocycles. The van der Waals surface area contributed by atoms with E-state index in [0.29, 0.717) is 18.9 Å². The third-order valence-corrected chi connectivity index (χ3v) is 4.13. The van der Waals surface area contributed by atoms with Crippen LogP contribution in [0.2, 0.25) is 0 Å². The van der Waals surface area contributed by atoms with E-state index in [1.165, 1.54) is 5.56 Å². The van der Waals surface area contributed by atoms with Crippen LogP contribution in [0.1, 0.15) is 33.3 Å². The Kier molecular flexibility index (Phi) is 7.11. The number of rotatable bonds is 8. The van der Waals surface area contributed by atoms with Crippen molar-refractivity contribution in [2.75, 3.05) is 20.3 Å². The quantitative estimate of drug-likeness (QED) is 0.714. The molecule has 0 aromatic heterocycles. The minimum atomic E-state index is -0.577. The van der Waals surface area contributed by atoms with Crippen molar-refractivity contribution in [3.63, 3.8) is 0 Å². The van der Waals surface area contributed by atoms with Crippen LogP contribution in [0.3, 0.4) is 0 Å². The number of carbonyl (C=O) groups is 1. The third kappa shape index (κ3) is 6.51. The highest BCUT2D eigenvalue weighted by Gasteiger charge is 2.16. The van der Waals surface area contributed by atoms with E-state index in [2.05, 4.69) is 26.1 Å². The first-order chi connectivity index (χ1) is 12.8. The number of amides is 1. The molecule has 0 spiro atoms. The van der Waals surface area contributed by atoms with Crippen LogP contribution in [0.4, 0.5) is 0 Å². The average molecular weight is 371 g/mol. The first kappa shape index (κ1) is 20.6. The van der Waals surface area contributed by atoms with Gasteiger partial charge >= 0.3 is 0 Å². The SMILES string of the molecule is COc1ccc(OCCNC(=O)C(C)Oc2ccc(C(C)(C)C)cc2)cc1. The Balaban J connectivity index is 1.73. The van der Waals surface area contributed by atoms with Crippen LogP contribution in [0, 0.1) is 0 Å². The van der Waals surface area contributed by atoms with E-state index in [4.69, 9.17) is 14.2 Å². The van der Waals surface area contributed by atoms with Crippen LogP contribution in [0.5, 0.6) is 17.2 Å². The monoisotopic (exact) mass is 371 g/mol. The van der Waals surface area contributed by atoms with E-state index >= 15 is 0 Å². The van der Waals surface area contributed by atoms with E-state index in [1.54, 1.807) is 14.0 Å². The number of ether oxygens (including phenoxy) is 3. The lowest BCUT2D eigenvalue weighted by Crippen LogP contribution is -2.38. The number of nitrogens with one attached hydrogen (secondary N) is 1. The predicted molar refractivity (Wildman–Crippen MR) is 107 cm³/mol. The fourth-order valence-corrected chi connectivity index (χ4v) is 2.45. The molecule has 2 aromatic rings. The summed E-state index contributed by atoms with van der Waals surface area (Å²) < 4.78 is 16.4. The van der Waals surface area contributed by atoms with Gasteiger partial charge in [-0.25, -0.2) is 0 Å². The number of hydrogen-bond acceptors (Lipinski definition) is 4. The minimum Gasteiger partial charge on any atom is -0.497 e. The molecule has 1 N–H and O–H groups in total. The fourth-order valence-electron chi connectivity index (χ4n) is 2.45. The van der Waals surface area contributed by atoms with E-state index in [9.17, 15) is 4.79 Å². The molecule has 0 aliphatic rings. The van der Waals surface area contributed by atoms with Crippen molar-refractivity contribution >= 4 is 5.91 Å². The van der Waals surface area contributed by atoms with Gasteiger partial charge in [-0.1, -0.05) is 32.9 Å². The molecule has 2 rings (SSSR count). The molecule has 0 radical (unpaired) electrons. The summed E-state index contributed by atoms with van der Waals surface area (Å²) in [5.74, 6) is 2.01. The van der Waals surface area contributed by atoms with Crippen LogP contribution in [-0.2, 0) is 10.2 Å². The summed E-state index contributed by atoms with van der Waals surface area (Å²) in [6.07, 6.45) is -0.577. The van der Waals surface area contributed by atoms with Crippen LogP contribution in [-0.4, -0.2) is 32.3 Å². The van der Waals surface area contributed by atoms with Crippen LogP contribution < -0.4 is 19.5 Å². The molecule has 27 heavy (non-hydrogen) atoms. The Morgan fingerprint density at radius 3 is 2.07 bits per heavy atom. The van der Waals surface area contributed by atoms with Crippen molar-refractivity contribution in [1.29, 1.82) is 0 Å². The standard InChI is InChI=1S/C22H29NO4/c1-16(27-20-8-6-17(7-9-20)22(2,3)4)21(24)23-14-15-26-19-12-10-18(25-5)11-13-19/h6-13,16H,14-15H2,1-5H3,(H,23,24). The zero-order valence-electron chi connectivity index (χ0n) is 16.7. The van der Waals surface area contributed by atoms with E-state index in [0.717, 1.165) is 11.5 Å². The molecule has 5 heteroatoms. The molecule has 0 heterocycles. The van der Waals surface area contributed by atoms with Gasteiger partial charge in [0, 0.05) is 0 Å². The van der Waals surface area contributed by atoms with Crippen molar-refractivity contribution in [1.82, 2.24) is 5.32 Å². The summed E-state index contributed by atoms with van der Waals surface area (Å²) in [5, 5.41) is 2.82. The van der Waals surface area contributed by atoms with Crippen LogP contribution in [0.15, 0.2) is 48.5 Å². The highest BCUT2D eigenvalue weighted by molar-refractivity contribution is 5.80. The maximum Gasteiger partial charge on any atom is 0.260 e. The van der Waals surface area contributed by atoms with Gasteiger partial charge in [0.05, 0.1) is 13.7 Å². The van der Waals surface area contributed by atoms with Gasteiger partial charge in [-0.3, -0.25) is 4.79 Å². The molecule has 0 aliphatic carbocycles. The second-order valence-corrected chi connectivity index (χ2v) is 7.35. The molecule has 0 fully saturated rings. The van der Waals surface area contributed by atoms with E-state index < -0.39 is 6.10 Å². The Hall–Kier alpha value is -2.69. The van der Waals surface area contributed by atoms with Crippen molar-refractivity contribution in [2.24, 2.45) is 0 Å². The summed E-state index contributed by atoms with van der Waals surface area (Å²) in [7, 11) is 1.62. The Morgan fingerprint density at radius 1 is 0.963 bits per heavy atom. The zero-order chi connectivity index (χ0) is 19.9. The van der Waals surface area contributed by atoms with Gasteiger partial charge in [-0.15, -0.1) is 0 Å². The molecule has 1 unspecified atom stereocenters. The molecule has 146 valence electrons. The molecular formula is C22H29NO4. The van der Waals surface area contributed by atoms with E-state index in [1.807, 2.05) is 48.5 Å². The van der Waals surface area contributed by atoms with Crippen molar-refractivity contribution in [2.45, 2.75) is 39.2 Å². The van der Waals surface area contributed by atoms with Crippen LogP contribution in [0.25, 0.3) is 0 Å². The number of carbonyl (C=O) groups excluding carboxylic acids is 1. The maximum absolute atomic E-state index is 12.2. The third-order valence-electron chi connectivity index (χ3n) is 4.13. The van der Waals surface area contributed by atoms with Crippen molar-refractivity contribution in [3.8, 4) is 17.2 Å². The molecule has 1 amide bonds. The van der Waals surface area contributed by atoms with Gasteiger partial charge in [0.2, 0.25) is 0 Å². The first-order valence-corrected chi connectivity index (χ1v) is 9.11. The molecule has 5 nitrogen and oxygen atoms in total.